The molecule has 1 atom stereocenters. The van der Waals surface area contributed by atoms with E-state index >= 15 is 0 Å². The van der Waals surface area contributed by atoms with E-state index in [4.69, 9.17) is 23.7 Å². The van der Waals surface area contributed by atoms with Gasteiger partial charge < -0.3 is 16.4 Å². The van der Waals surface area contributed by atoms with E-state index in [0.29, 0.717) is 4.99 Å². The summed E-state index contributed by atoms with van der Waals surface area (Å²) in [5, 5.41) is 0. The average molecular weight is 328 g/mol. The zero-order valence-corrected chi connectivity index (χ0v) is 12.1. The van der Waals surface area contributed by atoms with Crippen LogP contribution in [-0.2, 0) is 4.79 Å². The molecule has 1 aromatic carbocycles. The van der Waals surface area contributed by atoms with Gasteiger partial charge >= 0.3 is 0 Å². The lowest BCUT2D eigenvalue weighted by Gasteiger charge is -2.26. The van der Waals surface area contributed by atoms with Crippen molar-refractivity contribution in [3.63, 3.8) is 0 Å². The summed E-state index contributed by atoms with van der Waals surface area (Å²) in [4.78, 5) is 13.8. The molecule has 1 aliphatic rings. The number of halogens is 1. The van der Waals surface area contributed by atoms with Gasteiger partial charge in [-0.05, 0) is 31.0 Å². The molecule has 18 heavy (non-hydrogen) atoms. The van der Waals surface area contributed by atoms with Crippen molar-refractivity contribution in [3.05, 3.63) is 28.2 Å². The molecule has 1 aromatic rings. The Kier molecular flexibility index (Phi) is 3.87. The van der Waals surface area contributed by atoms with Gasteiger partial charge in [0.2, 0.25) is 5.91 Å². The number of primary amides is 1. The van der Waals surface area contributed by atoms with Gasteiger partial charge in [0.1, 0.15) is 11.0 Å². The Morgan fingerprint density at radius 1 is 1.44 bits per heavy atom. The van der Waals surface area contributed by atoms with Crippen LogP contribution in [0.25, 0.3) is 0 Å². The number of nitrogens with zero attached hydrogens (tertiary/aromatic N) is 1. The van der Waals surface area contributed by atoms with Crippen LogP contribution in [-0.4, -0.2) is 23.5 Å². The lowest BCUT2D eigenvalue weighted by atomic mass is 10.1. The quantitative estimate of drug-likeness (QED) is 0.826. The first-order chi connectivity index (χ1) is 8.50. The number of carbonyl (C=O) groups is 1. The maximum atomic E-state index is 11.5. The summed E-state index contributed by atoms with van der Waals surface area (Å²) in [7, 11) is 0. The first-order valence-electron chi connectivity index (χ1n) is 5.66. The summed E-state index contributed by atoms with van der Waals surface area (Å²) in [5.41, 5.74) is 12.8. The van der Waals surface area contributed by atoms with Crippen molar-refractivity contribution < 1.29 is 4.79 Å². The summed E-state index contributed by atoms with van der Waals surface area (Å²) in [6.07, 6.45) is 1.72. The van der Waals surface area contributed by atoms with E-state index in [1.807, 2.05) is 23.1 Å². The van der Waals surface area contributed by atoms with E-state index in [0.717, 1.165) is 35.1 Å². The largest absolute Gasteiger partial charge is 0.389 e. The predicted molar refractivity (Wildman–Crippen MR) is 79.6 cm³/mol. The number of hydrogen-bond donors (Lipinski definition) is 2. The SMILES string of the molecule is NC(=O)C1CCCN1c1cc(Br)ccc1C(N)=S. The van der Waals surface area contributed by atoms with Gasteiger partial charge in [-0.2, -0.15) is 0 Å². The molecule has 96 valence electrons. The Labute approximate surface area is 119 Å². The number of amides is 1. The second-order valence-corrected chi connectivity index (χ2v) is 5.64. The van der Waals surface area contributed by atoms with Gasteiger partial charge in [-0.15, -0.1) is 0 Å². The fraction of sp³-hybridized carbons (Fsp3) is 0.333. The van der Waals surface area contributed by atoms with E-state index in [2.05, 4.69) is 15.9 Å². The molecule has 0 bridgehead atoms. The minimum atomic E-state index is -0.304. The fourth-order valence-corrected chi connectivity index (χ4v) is 2.82. The van der Waals surface area contributed by atoms with E-state index < -0.39 is 0 Å². The van der Waals surface area contributed by atoms with Crippen LogP contribution in [0.5, 0.6) is 0 Å². The van der Waals surface area contributed by atoms with Gasteiger partial charge in [-0.1, -0.05) is 28.1 Å². The van der Waals surface area contributed by atoms with Crippen molar-refractivity contribution >= 4 is 44.7 Å². The zero-order chi connectivity index (χ0) is 13.3. The molecule has 4 N–H and O–H groups in total. The Bertz CT molecular complexity index is 506. The summed E-state index contributed by atoms with van der Waals surface area (Å²) in [6.45, 7) is 0.791. The maximum Gasteiger partial charge on any atom is 0.240 e. The molecule has 0 aliphatic carbocycles. The topological polar surface area (TPSA) is 72.4 Å². The Balaban J connectivity index is 2.46. The minimum Gasteiger partial charge on any atom is -0.389 e. The van der Waals surface area contributed by atoms with Gasteiger partial charge in [0.15, 0.2) is 0 Å². The van der Waals surface area contributed by atoms with E-state index in [-0.39, 0.29) is 11.9 Å². The van der Waals surface area contributed by atoms with Crippen LogP contribution >= 0.6 is 28.1 Å². The molecule has 1 heterocycles. The third-order valence-electron chi connectivity index (χ3n) is 3.12. The molecule has 1 amide bonds. The van der Waals surface area contributed by atoms with Crippen LogP contribution < -0.4 is 16.4 Å². The Morgan fingerprint density at radius 3 is 2.78 bits per heavy atom. The standard InChI is InChI=1S/C12H14BrN3OS/c13-7-3-4-8(12(15)18)10(6-7)16-5-1-2-9(16)11(14)17/h3-4,6,9H,1-2,5H2,(H2,14,17)(H2,15,18). The molecule has 2 rings (SSSR count). The number of benzene rings is 1. The molecule has 1 unspecified atom stereocenters. The third kappa shape index (κ3) is 2.49. The van der Waals surface area contributed by atoms with Crippen molar-refractivity contribution in [2.24, 2.45) is 11.5 Å². The molecule has 0 radical (unpaired) electrons. The highest BCUT2D eigenvalue weighted by molar-refractivity contribution is 9.10. The molecule has 1 fully saturated rings. The molecule has 0 saturated carbocycles. The smallest absolute Gasteiger partial charge is 0.240 e. The summed E-state index contributed by atoms with van der Waals surface area (Å²) in [5.74, 6) is -0.304. The van der Waals surface area contributed by atoms with Gasteiger partial charge in [0, 0.05) is 22.3 Å². The van der Waals surface area contributed by atoms with Gasteiger partial charge in [-0.25, -0.2) is 0 Å². The predicted octanol–water partition coefficient (Wildman–Crippen LogP) is 1.54. The van der Waals surface area contributed by atoms with Crippen molar-refractivity contribution in [1.29, 1.82) is 0 Å². The van der Waals surface area contributed by atoms with E-state index in [1.54, 1.807) is 0 Å². The second-order valence-electron chi connectivity index (χ2n) is 4.28. The van der Waals surface area contributed by atoms with E-state index in [1.165, 1.54) is 0 Å². The van der Waals surface area contributed by atoms with Gasteiger partial charge in [0.25, 0.3) is 0 Å². The highest BCUT2D eigenvalue weighted by Gasteiger charge is 2.30. The molecule has 4 nitrogen and oxygen atoms in total. The molecular formula is C12H14BrN3OS. The van der Waals surface area contributed by atoms with Crippen LogP contribution in [0, 0.1) is 0 Å². The summed E-state index contributed by atoms with van der Waals surface area (Å²) < 4.78 is 0.924. The Hall–Kier alpha value is -1.14. The number of nitrogens with two attached hydrogens (primary N) is 2. The number of thiocarbonyl (C=S) groups is 1. The molecule has 0 spiro atoms. The van der Waals surface area contributed by atoms with E-state index in [9.17, 15) is 4.79 Å². The maximum absolute atomic E-state index is 11.5. The lowest BCUT2D eigenvalue weighted by Crippen LogP contribution is -2.41. The minimum absolute atomic E-state index is 0.271. The second kappa shape index (κ2) is 5.24. The highest BCUT2D eigenvalue weighted by atomic mass is 79.9. The first kappa shape index (κ1) is 13.3. The number of rotatable bonds is 3. The van der Waals surface area contributed by atoms with Crippen LogP contribution in [0.4, 0.5) is 5.69 Å². The average Bonchev–Trinajstić information content (AvgIpc) is 2.77. The number of hydrogen-bond acceptors (Lipinski definition) is 3. The highest BCUT2D eigenvalue weighted by Crippen LogP contribution is 2.31. The number of carbonyl (C=O) groups excluding carboxylic acids is 1. The molecule has 1 aliphatic heterocycles. The summed E-state index contributed by atoms with van der Waals surface area (Å²) in [6, 6.07) is 5.40. The Morgan fingerprint density at radius 2 is 2.17 bits per heavy atom. The van der Waals surface area contributed by atoms with Crippen LogP contribution in [0.15, 0.2) is 22.7 Å². The van der Waals surface area contributed by atoms with Crippen molar-refractivity contribution in [2.75, 3.05) is 11.4 Å². The lowest BCUT2D eigenvalue weighted by molar-refractivity contribution is -0.119. The third-order valence-corrected chi connectivity index (χ3v) is 3.83. The molecule has 1 saturated heterocycles. The first-order valence-corrected chi connectivity index (χ1v) is 6.86. The van der Waals surface area contributed by atoms with Gasteiger partial charge in [-0.3, -0.25) is 4.79 Å². The molecule has 0 aromatic heterocycles. The number of anilines is 1. The van der Waals surface area contributed by atoms with Crippen LogP contribution in [0.1, 0.15) is 18.4 Å². The van der Waals surface area contributed by atoms with Crippen molar-refractivity contribution in [1.82, 2.24) is 0 Å². The molecular weight excluding hydrogens is 314 g/mol. The molecule has 6 heteroatoms. The van der Waals surface area contributed by atoms with Crippen LogP contribution in [0.2, 0.25) is 0 Å². The monoisotopic (exact) mass is 327 g/mol. The van der Waals surface area contributed by atoms with Crippen molar-refractivity contribution in [3.8, 4) is 0 Å². The van der Waals surface area contributed by atoms with Crippen LogP contribution in [0.3, 0.4) is 0 Å². The fourth-order valence-electron chi connectivity index (χ4n) is 2.30. The zero-order valence-electron chi connectivity index (χ0n) is 9.73. The van der Waals surface area contributed by atoms with Gasteiger partial charge in [0.05, 0.1) is 0 Å². The normalized spacial score (nSPS) is 18.9. The summed E-state index contributed by atoms with van der Waals surface area (Å²) >= 11 is 8.47. The van der Waals surface area contributed by atoms with Crippen molar-refractivity contribution in [2.45, 2.75) is 18.9 Å².